The third kappa shape index (κ3) is 3.73. The van der Waals surface area contributed by atoms with E-state index in [1.54, 1.807) is 23.6 Å². The van der Waals surface area contributed by atoms with Crippen molar-refractivity contribution in [3.05, 3.63) is 62.1 Å². The first-order valence-electron chi connectivity index (χ1n) is 11.2. The molecule has 2 fully saturated rings. The molecule has 3 aromatic heterocycles. The van der Waals surface area contributed by atoms with E-state index in [4.69, 9.17) is 9.51 Å². The molecule has 6 rings (SSSR count). The number of nitrogens with one attached hydrogen (secondary N) is 1. The molecule has 2 saturated carbocycles. The molecule has 1 N–H and O–H groups in total. The predicted molar refractivity (Wildman–Crippen MR) is 123 cm³/mol. The number of aromatic amines is 1. The van der Waals surface area contributed by atoms with Gasteiger partial charge in [0, 0.05) is 17.5 Å². The van der Waals surface area contributed by atoms with Crippen LogP contribution in [-0.2, 0) is 0 Å². The summed E-state index contributed by atoms with van der Waals surface area (Å²) in [4.78, 5) is 41.6. The highest BCUT2D eigenvalue weighted by Gasteiger charge is 2.33. The van der Waals surface area contributed by atoms with E-state index in [9.17, 15) is 14.0 Å². The van der Waals surface area contributed by atoms with E-state index in [0.29, 0.717) is 38.9 Å². The van der Waals surface area contributed by atoms with E-state index >= 15 is 0 Å². The summed E-state index contributed by atoms with van der Waals surface area (Å²) >= 11 is 1.30. The number of hydrogen-bond acceptors (Lipinski definition) is 8. The lowest BCUT2D eigenvalue weighted by molar-refractivity contribution is 0.380. The highest BCUT2D eigenvalue weighted by atomic mass is 32.2. The van der Waals surface area contributed by atoms with Crippen molar-refractivity contribution in [1.29, 1.82) is 0 Å². The van der Waals surface area contributed by atoms with E-state index in [-0.39, 0.29) is 28.9 Å². The molecule has 9 nitrogen and oxygen atoms in total. The van der Waals surface area contributed by atoms with Gasteiger partial charge in [-0.25, -0.2) is 19.2 Å². The molecule has 11 heteroatoms. The Labute approximate surface area is 196 Å². The second-order valence-electron chi connectivity index (χ2n) is 8.90. The van der Waals surface area contributed by atoms with E-state index in [2.05, 4.69) is 20.1 Å². The fraction of sp³-hybridized carbons (Fsp3) is 0.391. The summed E-state index contributed by atoms with van der Waals surface area (Å²) in [6.45, 7) is 3.55. The molecule has 1 atom stereocenters. The summed E-state index contributed by atoms with van der Waals surface area (Å²) in [5.41, 5.74) is 0.507. The van der Waals surface area contributed by atoms with Crippen LogP contribution in [0, 0.1) is 12.7 Å². The molecule has 1 aromatic carbocycles. The van der Waals surface area contributed by atoms with Gasteiger partial charge in [-0.15, -0.1) is 0 Å². The van der Waals surface area contributed by atoms with E-state index in [0.717, 1.165) is 25.7 Å². The Bertz CT molecular complexity index is 1550. The minimum absolute atomic E-state index is 0.0532. The molecule has 4 aromatic rings. The Morgan fingerprint density at radius 1 is 1.18 bits per heavy atom. The van der Waals surface area contributed by atoms with Crippen LogP contribution in [-0.4, -0.2) is 29.7 Å². The van der Waals surface area contributed by atoms with Crippen LogP contribution >= 0.6 is 11.8 Å². The maximum atomic E-state index is 14.0. The predicted octanol–water partition coefficient (Wildman–Crippen LogP) is 4.04. The maximum Gasteiger partial charge on any atom is 0.330 e. The molecule has 0 bridgehead atoms. The third-order valence-corrected chi connectivity index (χ3v) is 7.20. The Hall–Kier alpha value is -3.34. The summed E-state index contributed by atoms with van der Waals surface area (Å²) in [6, 6.07) is 4.83. The van der Waals surface area contributed by atoms with E-state index < -0.39 is 11.2 Å². The van der Waals surface area contributed by atoms with Crippen LogP contribution in [0.25, 0.3) is 22.4 Å². The number of hydrogen-bond donors (Lipinski definition) is 1. The first-order chi connectivity index (χ1) is 16.4. The van der Waals surface area contributed by atoms with Crippen molar-refractivity contribution in [3.63, 3.8) is 0 Å². The van der Waals surface area contributed by atoms with Crippen LogP contribution < -0.4 is 11.2 Å². The average molecular weight is 481 g/mol. The normalized spacial score (nSPS) is 16.8. The lowest BCUT2D eigenvalue weighted by Gasteiger charge is -2.13. The largest absolute Gasteiger partial charge is 0.338 e. The van der Waals surface area contributed by atoms with Gasteiger partial charge in [0.1, 0.15) is 22.1 Å². The Kier molecular flexibility index (Phi) is 4.91. The minimum atomic E-state index is -0.504. The maximum absolute atomic E-state index is 14.0. The van der Waals surface area contributed by atoms with Crippen molar-refractivity contribution in [2.75, 3.05) is 0 Å². The van der Waals surface area contributed by atoms with E-state index in [1.807, 2.05) is 6.92 Å². The first-order valence-corrected chi connectivity index (χ1v) is 12.1. The Morgan fingerprint density at radius 3 is 2.68 bits per heavy atom. The Morgan fingerprint density at radius 2 is 1.97 bits per heavy atom. The SMILES string of the molecule is Cc1ccc(-c2noc(C(C)Sc3nc(C4CC4)nc4c3c(=O)[nH]c(=O)n4C3CC3)n2)cc1F. The molecule has 2 aliphatic rings. The molecule has 0 aliphatic heterocycles. The van der Waals surface area contributed by atoms with Crippen molar-refractivity contribution in [3.8, 4) is 11.4 Å². The van der Waals surface area contributed by atoms with Gasteiger partial charge in [0.15, 0.2) is 5.65 Å². The monoisotopic (exact) mass is 480 g/mol. The number of thioether (sulfide) groups is 1. The number of halogens is 1. The zero-order valence-corrected chi connectivity index (χ0v) is 19.4. The number of benzene rings is 1. The summed E-state index contributed by atoms with van der Waals surface area (Å²) < 4.78 is 21.0. The van der Waals surface area contributed by atoms with Crippen LogP contribution in [0.1, 0.15) is 67.1 Å². The molecule has 174 valence electrons. The average Bonchev–Trinajstić information content (AvgIpc) is 3.73. The number of H-pyrrole nitrogens is 1. The molecule has 0 spiro atoms. The van der Waals surface area contributed by atoms with Crippen LogP contribution in [0.15, 0.2) is 37.3 Å². The molecular formula is C23H21FN6O3S. The fourth-order valence-corrected chi connectivity index (χ4v) is 4.86. The number of aromatic nitrogens is 6. The zero-order valence-electron chi connectivity index (χ0n) is 18.5. The van der Waals surface area contributed by atoms with Crippen molar-refractivity contribution >= 4 is 22.8 Å². The molecule has 1 unspecified atom stereocenters. The molecule has 3 heterocycles. The van der Waals surface area contributed by atoms with Gasteiger partial charge in [-0.2, -0.15) is 4.98 Å². The van der Waals surface area contributed by atoms with Gasteiger partial charge in [-0.05, 0) is 51.2 Å². The second kappa shape index (κ2) is 7.86. The highest BCUT2D eigenvalue weighted by Crippen LogP contribution is 2.42. The quantitative estimate of drug-likeness (QED) is 0.324. The standard InChI is InChI=1S/C23H21FN6O3S/c1-10-3-4-13(9-15(10)24)18-26-21(33-29-18)11(2)34-22-16-19(25-17(27-22)12-5-6-12)30(14-7-8-14)23(32)28-20(16)31/h3-4,9,11-12,14H,5-8H2,1-2H3,(H,28,31,32). The zero-order chi connectivity index (χ0) is 23.6. The highest BCUT2D eigenvalue weighted by molar-refractivity contribution is 7.99. The Balaban J connectivity index is 1.39. The first kappa shape index (κ1) is 21.2. The fourth-order valence-electron chi connectivity index (χ4n) is 3.88. The summed E-state index contributed by atoms with van der Waals surface area (Å²) in [7, 11) is 0. The topological polar surface area (TPSA) is 120 Å². The van der Waals surface area contributed by atoms with Crippen LogP contribution in [0.5, 0.6) is 0 Å². The molecule has 0 amide bonds. The van der Waals surface area contributed by atoms with Crippen LogP contribution in [0.4, 0.5) is 4.39 Å². The van der Waals surface area contributed by atoms with Crippen molar-refractivity contribution in [2.45, 2.75) is 61.8 Å². The molecule has 0 saturated heterocycles. The second-order valence-corrected chi connectivity index (χ2v) is 10.2. The molecule has 34 heavy (non-hydrogen) atoms. The van der Waals surface area contributed by atoms with E-state index in [1.165, 1.54) is 17.8 Å². The van der Waals surface area contributed by atoms with Gasteiger partial charge >= 0.3 is 5.69 Å². The van der Waals surface area contributed by atoms with Crippen molar-refractivity contribution < 1.29 is 8.91 Å². The number of nitrogens with zero attached hydrogens (tertiary/aromatic N) is 5. The van der Waals surface area contributed by atoms with Gasteiger partial charge in [-0.3, -0.25) is 14.3 Å². The van der Waals surface area contributed by atoms with Crippen LogP contribution in [0.3, 0.4) is 0 Å². The summed E-state index contributed by atoms with van der Waals surface area (Å²) in [6.07, 6.45) is 3.74. The van der Waals surface area contributed by atoms with Gasteiger partial charge in [0.2, 0.25) is 11.7 Å². The lowest BCUT2D eigenvalue weighted by atomic mass is 10.1. The molecular weight excluding hydrogens is 459 g/mol. The number of aryl methyl sites for hydroxylation is 1. The third-order valence-electron chi connectivity index (χ3n) is 6.13. The van der Waals surface area contributed by atoms with Crippen molar-refractivity contribution in [1.82, 2.24) is 29.7 Å². The molecule has 0 radical (unpaired) electrons. The smallest absolute Gasteiger partial charge is 0.330 e. The lowest BCUT2D eigenvalue weighted by Crippen LogP contribution is -2.31. The van der Waals surface area contributed by atoms with Gasteiger partial charge in [0.25, 0.3) is 5.56 Å². The van der Waals surface area contributed by atoms with Gasteiger partial charge in [0.05, 0.1) is 5.25 Å². The van der Waals surface area contributed by atoms with Gasteiger partial charge in [-0.1, -0.05) is 29.1 Å². The number of rotatable bonds is 6. The van der Waals surface area contributed by atoms with Gasteiger partial charge < -0.3 is 4.52 Å². The number of fused-ring (bicyclic) bond motifs is 1. The van der Waals surface area contributed by atoms with Crippen LogP contribution in [0.2, 0.25) is 0 Å². The summed E-state index contributed by atoms with van der Waals surface area (Å²) in [5.74, 6) is 1.17. The minimum Gasteiger partial charge on any atom is -0.338 e. The molecule has 2 aliphatic carbocycles. The van der Waals surface area contributed by atoms with Crippen molar-refractivity contribution in [2.24, 2.45) is 0 Å². The summed E-state index contributed by atoms with van der Waals surface area (Å²) in [5, 5.41) is 4.44.